The number of nitrogens with zero attached hydrogens (tertiary/aromatic N) is 2. The molecule has 0 unspecified atom stereocenters. The van der Waals surface area contributed by atoms with Gasteiger partial charge in [0.25, 0.3) is 5.91 Å². The van der Waals surface area contributed by atoms with E-state index in [1.54, 1.807) is 11.3 Å². The number of nitrogens with one attached hydrogen (secondary N) is 1. The fourth-order valence-electron chi connectivity index (χ4n) is 5.91. The van der Waals surface area contributed by atoms with E-state index in [0.717, 1.165) is 54.4 Å². The lowest BCUT2D eigenvalue weighted by Crippen LogP contribution is -2.67. The lowest BCUT2D eigenvalue weighted by atomic mass is 9.89. The number of hydrogen-bond donors (Lipinski definition) is 1. The minimum absolute atomic E-state index is 0.0368. The van der Waals surface area contributed by atoms with Gasteiger partial charge in [0.15, 0.2) is 0 Å². The van der Waals surface area contributed by atoms with Gasteiger partial charge in [0.2, 0.25) is 5.91 Å². The van der Waals surface area contributed by atoms with E-state index in [1.165, 1.54) is 32.1 Å². The summed E-state index contributed by atoms with van der Waals surface area (Å²) >= 11 is 1.67. The number of carbonyl (C=O) groups is 2. The lowest BCUT2D eigenvalue weighted by Gasteiger charge is -2.48. The lowest BCUT2D eigenvalue weighted by molar-refractivity contribution is -0.135. The van der Waals surface area contributed by atoms with E-state index in [9.17, 15) is 9.59 Å². The predicted molar refractivity (Wildman–Crippen MR) is 121 cm³/mol. The smallest absolute Gasteiger partial charge is 0.271 e. The Balaban J connectivity index is 1.53. The Morgan fingerprint density at radius 3 is 2.47 bits per heavy atom. The zero-order chi connectivity index (χ0) is 20.7. The van der Waals surface area contributed by atoms with Crippen molar-refractivity contribution in [3.05, 3.63) is 23.2 Å². The summed E-state index contributed by atoms with van der Waals surface area (Å²) in [6, 6.07) is 4.52. The van der Waals surface area contributed by atoms with Crippen molar-refractivity contribution in [2.45, 2.75) is 102 Å². The van der Waals surface area contributed by atoms with Crippen LogP contribution in [0, 0.1) is 0 Å². The van der Waals surface area contributed by atoms with Crippen molar-refractivity contribution >= 4 is 33.4 Å². The third-order valence-electron chi connectivity index (χ3n) is 7.58. The molecule has 1 aliphatic heterocycles. The van der Waals surface area contributed by atoms with Gasteiger partial charge >= 0.3 is 0 Å². The second kappa shape index (κ2) is 8.03. The molecule has 5 nitrogen and oxygen atoms in total. The number of amides is 2. The summed E-state index contributed by atoms with van der Waals surface area (Å²) in [6.45, 7) is 2.55. The molecule has 2 fully saturated rings. The summed E-state index contributed by atoms with van der Waals surface area (Å²) < 4.78 is 3.23. The average Bonchev–Trinajstić information content (AvgIpc) is 3.23. The first-order valence-corrected chi connectivity index (χ1v) is 12.7. The molecule has 0 aromatic carbocycles. The Morgan fingerprint density at radius 2 is 1.73 bits per heavy atom. The number of aromatic nitrogens is 1. The summed E-state index contributed by atoms with van der Waals surface area (Å²) in [7, 11) is 0. The third-order valence-corrected chi connectivity index (χ3v) is 8.43. The Labute approximate surface area is 182 Å². The summed E-state index contributed by atoms with van der Waals surface area (Å²) in [4.78, 5) is 29.6. The van der Waals surface area contributed by atoms with Crippen LogP contribution >= 0.6 is 11.3 Å². The third kappa shape index (κ3) is 3.37. The van der Waals surface area contributed by atoms with Crippen molar-refractivity contribution < 1.29 is 9.59 Å². The maximum absolute atomic E-state index is 13.8. The van der Waals surface area contributed by atoms with Crippen LogP contribution in [0.5, 0.6) is 0 Å². The normalized spacial score (nSPS) is 26.6. The molecule has 2 aromatic heterocycles. The maximum atomic E-state index is 13.8. The standard InChI is InChI=1S/C24H33N3O2S/c1-24(23(29)25-17-9-5-4-6-10-17)16-26-19-13-14-30-21(19)15-20(26)22(28)27(24)18-11-7-2-3-8-12-18/h13-15,17-18H,2-12,16H2,1H3,(H,25,29)/t24-/m1/s1. The van der Waals surface area contributed by atoms with Crippen molar-refractivity contribution in [3.63, 3.8) is 0 Å². The van der Waals surface area contributed by atoms with E-state index >= 15 is 0 Å². The molecule has 0 bridgehead atoms. The zero-order valence-electron chi connectivity index (χ0n) is 18.0. The number of fused-ring (bicyclic) bond motifs is 3. The predicted octanol–water partition coefficient (Wildman–Crippen LogP) is 5.09. The maximum Gasteiger partial charge on any atom is 0.271 e. The molecule has 1 atom stereocenters. The molecule has 0 radical (unpaired) electrons. The highest BCUT2D eigenvalue weighted by atomic mass is 32.1. The Hall–Kier alpha value is -1.82. The van der Waals surface area contributed by atoms with Gasteiger partial charge < -0.3 is 14.8 Å². The first-order chi connectivity index (χ1) is 14.6. The number of rotatable bonds is 3. The van der Waals surface area contributed by atoms with Gasteiger partial charge in [-0.3, -0.25) is 9.59 Å². The molecule has 30 heavy (non-hydrogen) atoms. The van der Waals surface area contributed by atoms with Gasteiger partial charge in [-0.25, -0.2) is 0 Å². The SMILES string of the molecule is C[C@]1(C(=O)NC2CCCCC2)Cn2c(cc3sccc32)C(=O)N1C1CCCCCC1. The van der Waals surface area contributed by atoms with Crippen LogP contribution in [0.1, 0.15) is 88.0 Å². The molecule has 2 aromatic rings. The van der Waals surface area contributed by atoms with Gasteiger partial charge in [-0.15, -0.1) is 11.3 Å². The molecule has 3 heterocycles. The number of hydrogen-bond acceptors (Lipinski definition) is 3. The Bertz CT molecular complexity index is 934. The van der Waals surface area contributed by atoms with E-state index in [0.29, 0.717) is 6.54 Å². The molecule has 2 saturated carbocycles. The summed E-state index contributed by atoms with van der Waals surface area (Å²) in [5, 5.41) is 5.42. The van der Waals surface area contributed by atoms with Crippen molar-refractivity contribution in [1.29, 1.82) is 0 Å². The van der Waals surface area contributed by atoms with Gasteiger partial charge in [-0.05, 0) is 50.1 Å². The summed E-state index contributed by atoms with van der Waals surface area (Å²) in [6.07, 6.45) is 12.5. The van der Waals surface area contributed by atoms with Gasteiger partial charge in [0.05, 0.1) is 16.8 Å². The van der Waals surface area contributed by atoms with Gasteiger partial charge in [0.1, 0.15) is 11.2 Å². The molecular formula is C24H33N3O2S. The number of carbonyl (C=O) groups excluding carboxylic acids is 2. The molecule has 0 saturated heterocycles. The van der Waals surface area contributed by atoms with Crippen molar-refractivity contribution in [2.24, 2.45) is 0 Å². The average molecular weight is 428 g/mol. The minimum atomic E-state index is -0.843. The fourth-order valence-corrected chi connectivity index (χ4v) is 6.73. The zero-order valence-corrected chi connectivity index (χ0v) is 18.8. The highest BCUT2D eigenvalue weighted by molar-refractivity contribution is 7.17. The molecule has 1 N–H and O–H groups in total. The highest BCUT2D eigenvalue weighted by Crippen LogP contribution is 2.38. The van der Waals surface area contributed by atoms with E-state index < -0.39 is 5.54 Å². The second-order valence-electron chi connectivity index (χ2n) is 9.69. The summed E-state index contributed by atoms with van der Waals surface area (Å²) in [5.41, 5.74) is 0.995. The van der Waals surface area contributed by atoms with Gasteiger partial charge in [-0.2, -0.15) is 0 Å². The van der Waals surface area contributed by atoms with Crippen LogP contribution in [0.15, 0.2) is 17.5 Å². The molecule has 162 valence electrons. The van der Waals surface area contributed by atoms with Crippen LogP contribution in [0.25, 0.3) is 10.2 Å². The van der Waals surface area contributed by atoms with E-state index in [2.05, 4.69) is 21.3 Å². The monoisotopic (exact) mass is 427 g/mol. The Kier molecular flexibility index (Phi) is 5.38. The van der Waals surface area contributed by atoms with Crippen molar-refractivity contribution in [2.75, 3.05) is 0 Å². The van der Waals surface area contributed by atoms with E-state index in [1.807, 2.05) is 17.9 Å². The molecule has 6 heteroatoms. The van der Waals surface area contributed by atoms with Crippen LogP contribution in [0.3, 0.4) is 0 Å². The Morgan fingerprint density at radius 1 is 1.07 bits per heavy atom. The largest absolute Gasteiger partial charge is 0.351 e. The van der Waals surface area contributed by atoms with Crippen LogP contribution < -0.4 is 5.32 Å². The van der Waals surface area contributed by atoms with E-state index in [4.69, 9.17) is 0 Å². The minimum Gasteiger partial charge on any atom is -0.351 e. The molecule has 0 spiro atoms. The second-order valence-corrected chi connectivity index (χ2v) is 10.6. The van der Waals surface area contributed by atoms with E-state index in [-0.39, 0.29) is 23.9 Å². The molecule has 2 aliphatic carbocycles. The molecule has 2 amide bonds. The topological polar surface area (TPSA) is 54.3 Å². The molecule has 3 aliphatic rings. The van der Waals surface area contributed by atoms with Crippen LogP contribution in [-0.2, 0) is 11.3 Å². The summed E-state index contributed by atoms with van der Waals surface area (Å²) in [5.74, 6) is 0.0765. The molecular weight excluding hydrogens is 394 g/mol. The van der Waals surface area contributed by atoms with Gasteiger partial charge in [0, 0.05) is 12.1 Å². The number of thiophene rings is 1. The molecule has 5 rings (SSSR count). The van der Waals surface area contributed by atoms with Crippen LogP contribution in [0.2, 0.25) is 0 Å². The first-order valence-electron chi connectivity index (χ1n) is 11.8. The quantitative estimate of drug-likeness (QED) is 0.694. The van der Waals surface area contributed by atoms with Crippen LogP contribution in [0.4, 0.5) is 0 Å². The first kappa shape index (κ1) is 20.1. The highest BCUT2D eigenvalue weighted by Gasteiger charge is 2.50. The van der Waals surface area contributed by atoms with Gasteiger partial charge in [-0.1, -0.05) is 44.9 Å². The van der Waals surface area contributed by atoms with Crippen LogP contribution in [-0.4, -0.2) is 38.9 Å². The fraction of sp³-hybridized carbons (Fsp3) is 0.667. The van der Waals surface area contributed by atoms with Crippen molar-refractivity contribution in [3.8, 4) is 0 Å². The van der Waals surface area contributed by atoms with Crippen molar-refractivity contribution in [1.82, 2.24) is 14.8 Å².